The van der Waals surface area contributed by atoms with Crippen molar-refractivity contribution < 1.29 is 53.4 Å². The van der Waals surface area contributed by atoms with Crippen molar-refractivity contribution in [1.29, 1.82) is 0 Å². The Morgan fingerprint density at radius 1 is 1.00 bits per heavy atom. The summed E-state index contributed by atoms with van der Waals surface area (Å²) in [4.78, 5) is 14.3. The molecule has 1 amide bonds. The third-order valence-corrected chi connectivity index (χ3v) is 12.4. The average Bonchev–Trinajstić information content (AvgIpc) is 3.27. The topological polar surface area (TPSA) is 74.7 Å². The van der Waals surface area contributed by atoms with Crippen molar-refractivity contribution in [3.63, 3.8) is 0 Å². The van der Waals surface area contributed by atoms with Gasteiger partial charge in [0.05, 0.1) is 10.9 Å². The van der Waals surface area contributed by atoms with Crippen LogP contribution in [0.15, 0.2) is 52.5 Å². The first kappa shape index (κ1) is 30.0. The number of alkyl halides is 7. The predicted molar refractivity (Wildman–Crippen MR) is 129 cm³/mol. The highest BCUT2D eigenvalue weighted by atomic mass is 32.2. The summed E-state index contributed by atoms with van der Waals surface area (Å²) >= 11 is 0. The van der Waals surface area contributed by atoms with Gasteiger partial charge in [-0.1, -0.05) is 24.6 Å². The molecule has 0 radical (unpaired) electrons. The molecule has 3 fully saturated rings. The third kappa shape index (κ3) is 3.88. The van der Waals surface area contributed by atoms with Gasteiger partial charge in [0.25, 0.3) is 5.91 Å². The fraction of sp³-hybridized carbons (Fsp3) is 0.593. The summed E-state index contributed by atoms with van der Waals surface area (Å²) in [5, 5.41) is 10.8. The van der Waals surface area contributed by atoms with Crippen molar-refractivity contribution in [2.75, 3.05) is 6.54 Å². The second kappa shape index (κ2) is 9.01. The first-order chi connectivity index (χ1) is 18.8. The Labute approximate surface area is 230 Å². The fourth-order valence-corrected chi connectivity index (χ4v) is 9.91. The van der Waals surface area contributed by atoms with Crippen molar-refractivity contribution in [3.8, 4) is 0 Å². The molecule has 2 saturated carbocycles. The van der Waals surface area contributed by atoms with Gasteiger partial charge in [0.1, 0.15) is 16.2 Å². The number of halogens is 8. The van der Waals surface area contributed by atoms with Crippen molar-refractivity contribution in [1.82, 2.24) is 4.90 Å². The van der Waals surface area contributed by atoms with E-state index in [0.29, 0.717) is 18.6 Å². The van der Waals surface area contributed by atoms with Gasteiger partial charge in [-0.15, -0.1) is 0 Å². The van der Waals surface area contributed by atoms with Crippen LogP contribution in [0.5, 0.6) is 0 Å². The minimum absolute atomic E-state index is 0.121. The molecule has 41 heavy (non-hydrogen) atoms. The van der Waals surface area contributed by atoms with Crippen LogP contribution in [0, 0.1) is 11.2 Å². The van der Waals surface area contributed by atoms with Gasteiger partial charge in [0.2, 0.25) is 0 Å². The number of hydrogen-bond donors (Lipinski definition) is 1. The van der Waals surface area contributed by atoms with E-state index in [-0.39, 0.29) is 49.1 Å². The monoisotopic (exact) mass is 613 g/mol. The summed E-state index contributed by atoms with van der Waals surface area (Å²) in [6.45, 7) is 1.23. The van der Waals surface area contributed by atoms with Crippen LogP contribution < -0.4 is 0 Å². The lowest BCUT2D eigenvalue weighted by Crippen LogP contribution is -2.66. The normalized spacial score (nSPS) is 30.1. The van der Waals surface area contributed by atoms with Gasteiger partial charge in [0, 0.05) is 17.5 Å². The number of allylic oxidation sites excluding steroid dienone is 4. The first-order valence-corrected chi connectivity index (χ1v) is 14.5. The Balaban J connectivity index is 1.67. The van der Waals surface area contributed by atoms with Crippen LogP contribution in [0.2, 0.25) is 0 Å². The lowest BCUT2D eigenvalue weighted by atomic mass is 9.57. The number of likely N-dealkylation sites (tertiary alicyclic amines) is 1. The molecule has 0 aromatic heterocycles. The lowest BCUT2D eigenvalue weighted by Gasteiger charge is -2.56. The number of fused-ring (bicyclic) bond motifs is 3. The molecule has 4 aliphatic rings. The number of hydrogen-bond acceptors (Lipinski definition) is 4. The van der Waals surface area contributed by atoms with E-state index in [1.807, 2.05) is 0 Å². The van der Waals surface area contributed by atoms with Crippen LogP contribution in [-0.2, 0) is 14.6 Å². The number of sulfone groups is 1. The second-order valence-electron chi connectivity index (χ2n) is 11.6. The van der Waals surface area contributed by atoms with Gasteiger partial charge in [-0.2, -0.15) is 26.3 Å². The van der Waals surface area contributed by atoms with E-state index >= 15 is 4.39 Å². The summed E-state index contributed by atoms with van der Waals surface area (Å²) in [6, 6.07) is 2.71. The quantitative estimate of drug-likeness (QED) is 0.347. The molecule has 14 heteroatoms. The largest absolute Gasteiger partial charge is 0.435 e. The maximum atomic E-state index is 15.0. The van der Waals surface area contributed by atoms with Gasteiger partial charge in [-0.25, -0.2) is 17.2 Å². The molecule has 1 heterocycles. The number of nitrogens with zero attached hydrogens (tertiary/aromatic N) is 1. The molecule has 1 aromatic rings. The van der Waals surface area contributed by atoms with E-state index in [9.17, 15) is 49.1 Å². The van der Waals surface area contributed by atoms with E-state index in [1.165, 1.54) is 11.8 Å². The highest BCUT2D eigenvalue weighted by Gasteiger charge is 2.76. The summed E-state index contributed by atoms with van der Waals surface area (Å²) < 4.78 is 137. The van der Waals surface area contributed by atoms with Gasteiger partial charge in [-0.05, 0) is 69.2 Å². The molecule has 226 valence electrons. The van der Waals surface area contributed by atoms with E-state index in [1.54, 1.807) is 0 Å². The molecule has 1 saturated heterocycles. The number of aliphatic hydroxyl groups is 1. The van der Waals surface area contributed by atoms with Crippen LogP contribution in [-0.4, -0.2) is 65.3 Å². The highest BCUT2D eigenvalue weighted by molar-refractivity contribution is 7.93. The zero-order valence-corrected chi connectivity index (χ0v) is 22.6. The van der Waals surface area contributed by atoms with E-state index < -0.39 is 73.4 Å². The predicted octanol–water partition coefficient (Wildman–Crippen LogP) is 5.74. The summed E-state index contributed by atoms with van der Waals surface area (Å²) in [6.07, 6.45) is -12.2. The van der Waals surface area contributed by atoms with Crippen molar-refractivity contribution in [2.24, 2.45) is 5.41 Å². The van der Waals surface area contributed by atoms with Crippen molar-refractivity contribution in [3.05, 3.63) is 53.4 Å². The average molecular weight is 614 g/mol. The van der Waals surface area contributed by atoms with Crippen molar-refractivity contribution in [2.45, 2.75) is 91.2 Å². The standard InChI is InChI=1S/C27H27F8NO4S/c1-22-12-9-17(25(29,26(30,31)32)27(33,34)35)15-16(22)3-8-20-24(22,41(39,40)19-6-4-18(28)5-7-19)13-14-36(20)21(37)23(38)10-2-11-23/h4-7,9,15,20,38H,2-3,8,10-14H2,1H3/t20-,22?,24+/m0/s1. The molecule has 0 spiro atoms. The molecule has 3 atom stereocenters. The van der Waals surface area contributed by atoms with Gasteiger partial charge in [0.15, 0.2) is 9.84 Å². The number of benzene rings is 1. The Hall–Kier alpha value is -2.48. The smallest absolute Gasteiger partial charge is 0.380 e. The van der Waals surface area contributed by atoms with Crippen LogP contribution in [0.4, 0.5) is 35.1 Å². The number of amides is 1. The molecule has 3 aliphatic carbocycles. The zero-order valence-electron chi connectivity index (χ0n) is 21.7. The van der Waals surface area contributed by atoms with Gasteiger partial charge in [-0.3, -0.25) is 4.79 Å². The van der Waals surface area contributed by atoms with Crippen LogP contribution in [0.1, 0.15) is 51.9 Å². The highest BCUT2D eigenvalue weighted by Crippen LogP contribution is 2.64. The Kier molecular flexibility index (Phi) is 6.59. The van der Waals surface area contributed by atoms with Crippen LogP contribution >= 0.6 is 0 Å². The first-order valence-electron chi connectivity index (χ1n) is 13.0. The Morgan fingerprint density at radius 3 is 2.10 bits per heavy atom. The maximum Gasteiger partial charge on any atom is 0.435 e. The van der Waals surface area contributed by atoms with E-state index in [4.69, 9.17) is 0 Å². The summed E-state index contributed by atoms with van der Waals surface area (Å²) in [7, 11) is -4.57. The number of carbonyl (C=O) groups is 1. The molecular formula is C27H27F8NO4S. The van der Waals surface area contributed by atoms with Crippen LogP contribution in [0.3, 0.4) is 0 Å². The van der Waals surface area contributed by atoms with E-state index in [2.05, 4.69) is 0 Å². The minimum Gasteiger partial charge on any atom is -0.380 e. The molecule has 1 aliphatic heterocycles. The number of rotatable bonds is 4. The molecule has 1 aromatic carbocycles. The lowest BCUT2D eigenvalue weighted by molar-refractivity contribution is -0.325. The van der Waals surface area contributed by atoms with E-state index in [0.717, 1.165) is 24.3 Å². The third-order valence-electron chi connectivity index (χ3n) is 9.65. The van der Waals surface area contributed by atoms with Crippen LogP contribution in [0.25, 0.3) is 0 Å². The Morgan fingerprint density at radius 2 is 1.59 bits per heavy atom. The molecular weight excluding hydrogens is 586 g/mol. The number of carbonyl (C=O) groups excluding carboxylic acids is 1. The molecule has 1 N–H and O–H groups in total. The molecule has 5 nitrogen and oxygen atoms in total. The second-order valence-corrected chi connectivity index (χ2v) is 13.8. The van der Waals surface area contributed by atoms with Gasteiger partial charge < -0.3 is 10.0 Å². The Bertz CT molecular complexity index is 1410. The molecule has 5 rings (SSSR count). The molecule has 0 bridgehead atoms. The minimum atomic E-state index is -6.34. The molecule has 1 unspecified atom stereocenters. The zero-order chi connectivity index (χ0) is 30.4. The summed E-state index contributed by atoms with van der Waals surface area (Å²) in [5.74, 6) is -1.43. The fourth-order valence-electron chi connectivity index (χ4n) is 7.23. The van der Waals surface area contributed by atoms with Crippen molar-refractivity contribution >= 4 is 15.7 Å². The maximum absolute atomic E-state index is 15.0. The van der Waals surface area contributed by atoms with Gasteiger partial charge >= 0.3 is 18.0 Å². The summed E-state index contributed by atoms with van der Waals surface area (Å²) in [5.41, 5.74) is -10.8. The SMILES string of the molecule is CC12CC=C(C(F)(C(F)(F)F)C(F)(F)F)C=C1CC[C@@H]1N(C(=O)C3(O)CCC3)CC[C@@]12S(=O)(=O)c1ccc(F)cc1.